The first-order valence-corrected chi connectivity index (χ1v) is 15.8. The van der Waals surface area contributed by atoms with Crippen LogP contribution in [0.5, 0.6) is 11.5 Å². The summed E-state index contributed by atoms with van der Waals surface area (Å²) in [4.78, 5) is 12.3. The number of esters is 1. The van der Waals surface area contributed by atoms with Gasteiger partial charge in [0.2, 0.25) is 0 Å². The Bertz CT molecular complexity index is 1090. The fourth-order valence-corrected chi connectivity index (χ4v) is 4.80. The van der Waals surface area contributed by atoms with Crippen LogP contribution in [0.25, 0.3) is 0 Å². The maximum Gasteiger partial charge on any atom is 0.306 e. The molecule has 7 heteroatoms. The number of carbonyl (C=O) groups excluding carboxylic acids is 1. The monoisotopic (exact) mass is 600 g/mol. The zero-order valence-electron chi connectivity index (χ0n) is 27.9. The summed E-state index contributed by atoms with van der Waals surface area (Å²) >= 11 is 0. The molecule has 0 bridgehead atoms. The molecule has 0 unspecified atom stereocenters. The number of aryl methyl sites for hydroxylation is 2. The van der Waals surface area contributed by atoms with Crippen molar-refractivity contribution in [2.75, 3.05) is 46.2 Å². The van der Waals surface area contributed by atoms with Crippen molar-refractivity contribution in [3.63, 3.8) is 0 Å². The van der Waals surface area contributed by atoms with Gasteiger partial charge in [-0.05, 0) is 76.3 Å². The van der Waals surface area contributed by atoms with Crippen LogP contribution >= 0.6 is 0 Å². The van der Waals surface area contributed by atoms with Crippen LogP contribution in [0.2, 0.25) is 0 Å². The van der Waals surface area contributed by atoms with Crippen molar-refractivity contribution in [1.29, 1.82) is 0 Å². The molecule has 0 aliphatic heterocycles. The lowest BCUT2D eigenvalue weighted by atomic mass is 9.78. The first-order chi connectivity index (χ1) is 20.2. The van der Waals surface area contributed by atoms with E-state index in [1.807, 2.05) is 18.2 Å². The van der Waals surface area contributed by atoms with Crippen molar-refractivity contribution >= 4 is 5.97 Å². The van der Waals surface area contributed by atoms with Crippen molar-refractivity contribution in [1.82, 2.24) is 0 Å². The molecule has 7 nitrogen and oxygen atoms in total. The van der Waals surface area contributed by atoms with Gasteiger partial charge in [0.1, 0.15) is 18.1 Å². The van der Waals surface area contributed by atoms with E-state index in [4.69, 9.17) is 18.9 Å². The minimum Gasteiger partial charge on any atom is -0.508 e. The highest BCUT2D eigenvalue weighted by Crippen LogP contribution is 2.40. The van der Waals surface area contributed by atoms with E-state index in [0.29, 0.717) is 63.5 Å². The topological polar surface area (TPSA) is 94.5 Å². The number of carbonyl (C=O) groups is 1. The molecule has 43 heavy (non-hydrogen) atoms. The predicted octanol–water partition coefficient (Wildman–Crippen LogP) is 7.36. The molecule has 2 rings (SSSR count). The molecule has 0 saturated heterocycles. The van der Waals surface area contributed by atoms with E-state index in [0.717, 1.165) is 41.5 Å². The Morgan fingerprint density at radius 1 is 0.698 bits per heavy atom. The van der Waals surface area contributed by atoms with E-state index in [1.165, 1.54) is 5.56 Å². The number of hydrogen-bond acceptors (Lipinski definition) is 7. The van der Waals surface area contributed by atoms with Crippen molar-refractivity contribution in [3.05, 3.63) is 58.1 Å². The van der Waals surface area contributed by atoms with Crippen LogP contribution < -0.4 is 0 Å². The predicted molar refractivity (Wildman–Crippen MR) is 172 cm³/mol. The SMILES string of the molecule is CC(C)c1cc(CCCOCCOCCCOCCOC(=O)CCc2cc(C(C)(C)C)c(O)c(C(C)(C)C)c2)ccc1O. The molecule has 0 heterocycles. The summed E-state index contributed by atoms with van der Waals surface area (Å²) in [5, 5.41) is 20.8. The Balaban J connectivity index is 1.51. The van der Waals surface area contributed by atoms with Crippen LogP contribution in [0.1, 0.15) is 108 Å². The minimum atomic E-state index is -0.252. The summed E-state index contributed by atoms with van der Waals surface area (Å²) in [5.41, 5.74) is 4.62. The van der Waals surface area contributed by atoms with Gasteiger partial charge in [0.25, 0.3) is 0 Å². The maximum atomic E-state index is 12.3. The van der Waals surface area contributed by atoms with Crippen LogP contribution in [0.4, 0.5) is 0 Å². The molecule has 0 atom stereocenters. The van der Waals surface area contributed by atoms with Gasteiger partial charge in [-0.15, -0.1) is 0 Å². The highest BCUT2D eigenvalue weighted by Gasteiger charge is 2.26. The van der Waals surface area contributed by atoms with Gasteiger partial charge in [-0.3, -0.25) is 4.79 Å². The Morgan fingerprint density at radius 3 is 1.77 bits per heavy atom. The van der Waals surface area contributed by atoms with E-state index >= 15 is 0 Å². The normalized spacial score (nSPS) is 12.2. The molecule has 0 spiro atoms. The summed E-state index contributed by atoms with van der Waals surface area (Å²) in [6, 6.07) is 9.86. The zero-order valence-corrected chi connectivity index (χ0v) is 27.9. The molecule has 0 aromatic heterocycles. The zero-order chi connectivity index (χ0) is 32.0. The van der Waals surface area contributed by atoms with Gasteiger partial charge >= 0.3 is 5.97 Å². The van der Waals surface area contributed by atoms with Gasteiger partial charge in [-0.1, -0.05) is 79.7 Å². The largest absolute Gasteiger partial charge is 0.508 e. The van der Waals surface area contributed by atoms with Crippen LogP contribution in [-0.4, -0.2) is 62.4 Å². The molecule has 0 fully saturated rings. The van der Waals surface area contributed by atoms with E-state index in [1.54, 1.807) is 6.07 Å². The second-order valence-corrected chi connectivity index (χ2v) is 13.6. The summed E-state index contributed by atoms with van der Waals surface area (Å²) in [5.74, 6) is 0.761. The van der Waals surface area contributed by atoms with E-state index in [9.17, 15) is 15.0 Å². The van der Waals surface area contributed by atoms with Crippen molar-refractivity contribution in [2.45, 2.75) is 104 Å². The fraction of sp³-hybridized carbons (Fsp3) is 0.639. The lowest BCUT2D eigenvalue weighted by molar-refractivity contribution is -0.145. The number of ether oxygens (including phenoxy) is 4. The van der Waals surface area contributed by atoms with Gasteiger partial charge < -0.3 is 29.2 Å². The molecule has 2 aromatic rings. The fourth-order valence-electron chi connectivity index (χ4n) is 4.80. The smallest absolute Gasteiger partial charge is 0.306 e. The quantitative estimate of drug-likeness (QED) is 0.136. The standard InChI is InChI=1S/C36H56O7/c1-26(2)29-23-27(12-14-32(29)37)11-9-16-40-19-20-41-17-10-18-42-21-22-43-33(38)15-13-28-24-30(35(3,4)5)34(39)31(25-28)36(6,7)8/h12,14,23-26,37,39H,9-11,13,15-22H2,1-8H3. The molecule has 0 amide bonds. The van der Waals surface area contributed by atoms with Crippen LogP contribution in [0, 0.1) is 0 Å². The molecular weight excluding hydrogens is 544 g/mol. The molecule has 2 N–H and O–H groups in total. The van der Waals surface area contributed by atoms with E-state index < -0.39 is 0 Å². The Kier molecular flexibility index (Phi) is 15.0. The van der Waals surface area contributed by atoms with Crippen LogP contribution in [0.3, 0.4) is 0 Å². The third-order valence-electron chi connectivity index (χ3n) is 7.31. The average molecular weight is 601 g/mol. The summed E-state index contributed by atoms with van der Waals surface area (Å²) in [6.07, 6.45) is 3.45. The van der Waals surface area contributed by atoms with Crippen LogP contribution in [-0.2, 0) is 47.4 Å². The van der Waals surface area contributed by atoms with Crippen molar-refractivity contribution in [3.8, 4) is 11.5 Å². The summed E-state index contributed by atoms with van der Waals surface area (Å²) < 4.78 is 22.2. The molecule has 0 aliphatic carbocycles. The van der Waals surface area contributed by atoms with Gasteiger partial charge in [-0.2, -0.15) is 0 Å². The third kappa shape index (κ3) is 13.3. The second kappa shape index (κ2) is 17.6. The molecule has 0 saturated carbocycles. The number of hydrogen-bond donors (Lipinski definition) is 2. The van der Waals surface area contributed by atoms with Crippen molar-refractivity contribution in [2.24, 2.45) is 0 Å². The Morgan fingerprint density at radius 2 is 1.23 bits per heavy atom. The summed E-state index contributed by atoms with van der Waals surface area (Å²) in [6.45, 7) is 20.2. The number of benzene rings is 2. The molecule has 0 aliphatic rings. The molecule has 242 valence electrons. The summed E-state index contributed by atoms with van der Waals surface area (Å²) in [7, 11) is 0. The molecule has 2 aromatic carbocycles. The van der Waals surface area contributed by atoms with Gasteiger partial charge in [0.15, 0.2) is 0 Å². The first kappa shape index (κ1) is 36.6. The third-order valence-corrected chi connectivity index (χ3v) is 7.31. The maximum absolute atomic E-state index is 12.3. The molecule has 0 radical (unpaired) electrons. The Labute approximate surface area is 259 Å². The average Bonchev–Trinajstić information content (AvgIpc) is 2.92. The highest BCUT2D eigenvalue weighted by atomic mass is 16.6. The number of phenols is 2. The number of phenolic OH excluding ortho intramolecular Hbond substituents is 2. The van der Waals surface area contributed by atoms with Gasteiger partial charge in [0, 0.05) is 26.2 Å². The van der Waals surface area contributed by atoms with Gasteiger partial charge in [-0.25, -0.2) is 0 Å². The lowest BCUT2D eigenvalue weighted by Crippen LogP contribution is -2.18. The minimum absolute atomic E-state index is 0.203. The van der Waals surface area contributed by atoms with E-state index in [-0.39, 0.29) is 29.8 Å². The number of rotatable bonds is 18. The second-order valence-electron chi connectivity index (χ2n) is 13.6. The highest BCUT2D eigenvalue weighted by molar-refractivity contribution is 5.69. The molecular formula is C36H56O7. The van der Waals surface area contributed by atoms with E-state index in [2.05, 4.69) is 61.5 Å². The van der Waals surface area contributed by atoms with Crippen LogP contribution in [0.15, 0.2) is 30.3 Å². The lowest BCUT2D eigenvalue weighted by Gasteiger charge is -2.28. The number of aromatic hydroxyl groups is 2. The van der Waals surface area contributed by atoms with Crippen molar-refractivity contribution < 1.29 is 34.0 Å². The van der Waals surface area contributed by atoms with Gasteiger partial charge in [0.05, 0.1) is 19.8 Å². The Hall–Kier alpha value is -2.61. The first-order valence-electron chi connectivity index (χ1n) is 15.8.